The molecule has 2 aromatic carbocycles. The molecule has 0 radical (unpaired) electrons. The quantitative estimate of drug-likeness (QED) is 0.713. The van der Waals surface area contributed by atoms with E-state index in [4.69, 9.17) is 11.6 Å². The van der Waals surface area contributed by atoms with E-state index in [1.807, 2.05) is 48.4 Å². The second kappa shape index (κ2) is 6.29. The zero-order valence-corrected chi connectivity index (χ0v) is 16.8. The van der Waals surface area contributed by atoms with Crippen LogP contribution in [0.25, 0.3) is 6.08 Å². The molecule has 146 valence electrons. The number of benzene rings is 2. The molecule has 29 heavy (non-hydrogen) atoms. The number of nitrogens with zero attached hydrogens (tertiary/aromatic N) is 2. The van der Waals surface area contributed by atoms with Gasteiger partial charge in [-0.05, 0) is 48.7 Å². The maximum Gasteiger partial charge on any atom is 0.240 e. The first-order chi connectivity index (χ1) is 13.9. The summed E-state index contributed by atoms with van der Waals surface area (Å²) in [7, 11) is 0. The van der Waals surface area contributed by atoms with Gasteiger partial charge in [-0.25, -0.2) is 4.90 Å². The van der Waals surface area contributed by atoms with Crippen molar-refractivity contribution >= 4 is 41.0 Å². The third-order valence-corrected chi connectivity index (χ3v) is 6.53. The molecule has 6 heteroatoms. The summed E-state index contributed by atoms with van der Waals surface area (Å²) in [5.74, 6) is -2.03. The van der Waals surface area contributed by atoms with Gasteiger partial charge < -0.3 is 4.90 Å². The summed E-state index contributed by atoms with van der Waals surface area (Å²) >= 11 is 6.15. The van der Waals surface area contributed by atoms with Crippen LogP contribution in [0.4, 0.5) is 5.69 Å². The number of ketones is 1. The SMILES string of the molecule is CC(=O)[C@@H]1[C@@H]2C(=O)N(c3cc(Cl)ccc3C)C(=O)[C@@H]2[C@H]2c3ccccc3C=CN12. The lowest BCUT2D eigenvalue weighted by molar-refractivity contribution is -0.129. The van der Waals surface area contributed by atoms with Crippen molar-refractivity contribution in [2.24, 2.45) is 11.8 Å². The van der Waals surface area contributed by atoms with Gasteiger partial charge in [-0.2, -0.15) is 0 Å². The predicted octanol–water partition coefficient (Wildman–Crippen LogP) is 3.75. The molecule has 2 fully saturated rings. The summed E-state index contributed by atoms with van der Waals surface area (Å²) in [4.78, 5) is 42.8. The van der Waals surface area contributed by atoms with E-state index in [1.54, 1.807) is 18.2 Å². The molecule has 0 aliphatic carbocycles. The highest BCUT2D eigenvalue weighted by Crippen LogP contribution is 2.53. The third-order valence-electron chi connectivity index (χ3n) is 6.29. The molecule has 3 aliphatic rings. The van der Waals surface area contributed by atoms with E-state index in [0.29, 0.717) is 10.7 Å². The van der Waals surface area contributed by atoms with E-state index in [0.717, 1.165) is 16.7 Å². The van der Waals surface area contributed by atoms with Crippen LogP contribution in [0.2, 0.25) is 5.02 Å². The van der Waals surface area contributed by atoms with Crippen LogP contribution >= 0.6 is 11.6 Å². The van der Waals surface area contributed by atoms with Gasteiger partial charge in [0.2, 0.25) is 11.8 Å². The second-order valence-corrected chi connectivity index (χ2v) is 8.32. The molecule has 5 nitrogen and oxygen atoms in total. The maximum atomic E-state index is 13.6. The van der Waals surface area contributed by atoms with Crippen molar-refractivity contribution in [3.63, 3.8) is 0 Å². The number of hydrogen-bond donors (Lipinski definition) is 0. The molecule has 2 saturated heterocycles. The van der Waals surface area contributed by atoms with E-state index in [9.17, 15) is 14.4 Å². The zero-order valence-electron chi connectivity index (χ0n) is 16.0. The Hall–Kier alpha value is -2.92. The van der Waals surface area contributed by atoms with E-state index < -0.39 is 17.9 Å². The first-order valence-corrected chi connectivity index (χ1v) is 9.97. The Morgan fingerprint density at radius 3 is 2.52 bits per heavy atom. The van der Waals surface area contributed by atoms with Crippen LogP contribution in [0.3, 0.4) is 0 Å². The highest BCUT2D eigenvalue weighted by molar-refractivity contribution is 6.31. The molecule has 3 aliphatic heterocycles. The number of hydrogen-bond acceptors (Lipinski definition) is 4. The summed E-state index contributed by atoms with van der Waals surface area (Å²) in [6.45, 7) is 3.33. The highest BCUT2D eigenvalue weighted by atomic mass is 35.5. The fourth-order valence-electron chi connectivity index (χ4n) is 5.08. The number of halogens is 1. The van der Waals surface area contributed by atoms with Gasteiger partial charge in [0.15, 0.2) is 5.78 Å². The highest BCUT2D eigenvalue weighted by Gasteiger charge is 2.64. The molecule has 0 bridgehead atoms. The molecule has 2 amide bonds. The Kier molecular flexibility index (Phi) is 3.93. The Morgan fingerprint density at radius 1 is 1.03 bits per heavy atom. The van der Waals surface area contributed by atoms with E-state index in [1.165, 1.54) is 11.8 Å². The van der Waals surface area contributed by atoms with Crippen LogP contribution in [0.1, 0.15) is 29.7 Å². The Morgan fingerprint density at radius 2 is 1.76 bits per heavy atom. The van der Waals surface area contributed by atoms with Gasteiger partial charge in [-0.3, -0.25) is 14.4 Å². The number of fused-ring (bicyclic) bond motifs is 5. The van der Waals surface area contributed by atoms with Gasteiger partial charge in [0.1, 0.15) is 0 Å². The van der Waals surface area contributed by atoms with Gasteiger partial charge in [0.25, 0.3) is 0 Å². The summed E-state index contributed by atoms with van der Waals surface area (Å²) < 4.78 is 0. The molecule has 0 spiro atoms. The lowest BCUT2D eigenvalue weighted by Gasteiger charge is -2.35. The second-order valence-electron chi connectivity index (χ2n) is 7.89. The first-order valence-electron chi connectivity index (χ1n) is 9.59. The van der Waals surface area contributed by atoms with Crippen molar-refractivity contribution < 1.29 is 14.4 Å². The van der Waals surface area contributed by atoms with Gasteiger partial charge in [-0.15, -0.1) is 0 Å². The summed E-state index contributed by atoms with van der Waals surface area (Å²) in [6.07, 6.45) is 3.80. The fraction of sp³-hybridized carbons (Fsp3) is 0.261. The minimum Gasteiger partial charge on any atom is -0.359 e. The molecule has 0 unspecified atom stereocenters. The average molecular weight is 407 g/mol. The molecular weight excluding hydrogens is 388 g/mol. The Balaban J connectivity index is 1.67. The minimum atomic E-state index is -0.709. The van der Waals surface area contributed by atoms with Crippen molar-refractivity contribution in [2.75, 3.05) is 4.90 Å². The van der Waals surface area contributed by atoms with Crippen LogP contribution < -0.4 is 4.90 Å². The first kappa shape index (κ1) is 18.1. The standard InChI is InChI=1S/C23H19ClN2O3/c1-12-7-8-15(24)11-17(12)26-22(28)18-19(23(26)29)21-16-6-4-3-5-14(16)9-10-25(21)20(18)13(2)27/h3-11,18-21H,1-2H3/t18-,19+,20-,21-/m1/s1. The van der Waals surface area contributed by atoms with Crippen molar-refractivity contribution in [1.29, 1.82) is 0 Å². The monoisotopic (exact) mass is 406 g/mol. The minimum absolute atomic E-state index is 0.114. The van der Waals surface area contributed by atoms with Crippen LogP contribution in [0.5, 0.6) is 0 Å². The van der Waals surface area contributed by atoms with Gasteiger partial charge in [-0.1, -0.05) is 41.9 Å². The number of anilines is 1. The van der Waals surface area contributed by atoms with Crippen molar-refractivity contribution in [3.8, 4) is 0 Å². The van der Waals surface area contributed by atoms with Crippen LogP contribution in [-0.4, -0.2) is 28.5 Å². The van der Waals surface area contributed by atoms with Gasteiger partial charge in [0.05, 0.1) is 29.6 Å². The number of amides is 2. The number of imide groups is 1. The Bertz CT molecular complexity index is 1110. The molecule has 5 rings (SSSR count). The number of rotatable bonds is 2. The average Bonchev–Trinajstić information content (AvgIpc) is 3.17. The lowest BCUT2D eigenvalue weighted by atomic mass is 9.84. The van der Waals surface area contributed by atoms with Crippen molar-refractivity contribution in [3.05, 3.63) is 70.4 Å². The summed E-state index contributed by atoms with van der Waals surface area (Å²) in [5.41, 5.74) is 3.26. The maximum absolute atomic E-state index is 13.6. The number of carbonyl (C=O) groups excluding carboxylic acids is 3. The van der Waals surface area contributed by atoms with E-state index in [-0.39, 0.29) is 23.6 Å². The van der Waals surface area contributed by atoms with Crippen molar-refractivity contribution in [2.45, 2.75) is 25.9 Å². The molecular formula is C23H19ClN2O3. The molecule has 0 N–H and O–H groups in total. The normalized spacial score (nSPS) is 27.1. The molecule has 2 aromatic rings. The number of Topliss-reactive ketones (excluding diaryl/α,β-unsaturated/α-hetero) is 1. The smallest absolute Gasteiger partial charge is 0.240 e. The molecule has 3 heterocycles. The van der Waals surface area contributed by atoms with Crippen molar-refractivity contribution in [1.82, 2.24) is 4.90 Å². The summed E-state index contributed by atoms with van der Waals surface area (Å²) in [5, 5.41) is 0.457. The third kappa shape index (κ3) is 2.43. The van der Waals surface area contributed by atoms with Crippen LogP contribution in [-0.2, 0) is 14.4 Å². The lowest BCUT2D eigenvalue weighted by Crippen LogP contribution is -2.43. The topological polar surface area (TPSA) is 57.7 Å². The van der Waals surface area contributed by atoms with E-state index in [2.05, 4.69) is 0 Å². The summed E-state index contributed by atoms with van der Waals surface area (Å²) in [6, 6.07) is 12.0. The zero-order chi connectivity index (χ0) is 20.4. The number of carbonyl (C=O) groups is 3. The van der Waals surface area contributed by atoms with Crippen LogP contribution in [0, 0.1) is 18.8 Å². The van der Waals surface area contributed by atoms with Gasteiger partial charge >= 0.3 is 0 Å². The predicted molar refractivity (Wildman–Crippen MR) is 110 cm³/mol. The van der Waals surface area contributed by atoms with E-state index >= 15 is 0 Å². The largest absolute Gasteiger partial charge is 0.359 e. The Labute approximate surface area is 173 Å². The number of aryl methyl sites for hydroxylation is 1. The van der Waals surface area contributed by atoms with Crippen LogP contribution in [0.15, 0.2) is 48.7 Å². The fourth-order valence-corrected chi connectivity index (χ4v) is 5.25. The molecule has 0 aromatic heterocycles. The molecule has 4 atom stereocenters. The van der Waals surface area contributed by atoms with Gasteiger partial charge in [0, 0.05) is 11.2 Å². The molecule has 0 saturated carbocycles.